The summed E-state index contributed by atoms with van der Waals surface area (Å²) in [7, 11) is 0. The molecule has 3 atom stereocenters. The third-order valence-electron chi connectivity index (χ3n) is 7.57. The highest BCUT2D eigenvalue weighted by atomic mass is 35.5. The van der Waals surface area contributed by atoms with Gasteiger partial charge in [0, 0.05) is 5.69 Å². The van der Waals surface area contributed by atoms with Crippen LogP contribution < -0.4 is 35.5 Å². The Labute approximate surface area is 274 Å². The smallest absolute Gasteiger partial charge is 0.323 e. The number of nitrogens with one attached hydrogen (secondary N) is 4. The van der Waals surface area contributed by atoms with E-state index in [4.69, 9.17) is 25.8 Å². The minimum atomic E-state index is -1.11. The summed E-state index contributed by atoms with van der Waals surface area (Å²) < 4.78 is 30.0. The van der Waals surface area contributed by atoms with Gasteiger partial charge in [-0.1, -0.05) is 31.5 Å². The lowest BCUT2D eigenvalue weighted by Gasteiger charge is -2.29. The second-order valence-electron chi connectivity index (χ2n) is 11.6. The molecule has 2 heterocycles. The van der Waals surface area contributed by atoms with Crippen molar-refractivity contribution in [3.8, 4) is 17.2 Å². The first-order valence-electron chi connectivity index (χ1n) is 15.0. The third kappa shape index (κ3) is 8.61. The molecule has 2 aliphatic rings. The van der Waals surface area contributed by atoms with Crippen molar-refractivity contribution in [3.05, 3.63) is 76.6 Å². The van der Waals surface area contributed by atoms with E-state index in [2.05, 4.69) is 21.3 Å². The number of urea groups is 1. The zero-order valence-corrected chi connectivity index (χ0v) is 26.4. The highest BCUT2D eigenvalue weighted by Crippen LogP contribution is 2.35. The number of hydrogen-bond donors (Lipinski definition) is 5. The first kappa shape index (κ1) is 33.3. The quantitative estimate of drug-likeness (QED) is 0.181. The van der Waals surface area contributed by atoms with Crippen LogP contribution in [0.3, 0.4) is 0 Å². The number of ether oxygens (including phenoxy) is 3. The molecule has 0 aliphatic carbocycles. The normalized spacial score (nSPS) is 15.9. The van der Waals surface area contributed by atoms with Crippen LogP contribution in [0, 0.1) is 11.7 Å². The van der Waals surface area contributed by atoms with Crippen LogP contribution >= 0.6 is 11.6 Å². The zero-order chi connectivity index (χ0) is 33.7. The van der Waals surface area contributed by atoms with E-state index in [0.29, 0.717) is 47.8 Å². The predicted molar refractivity (Wildman–Crippen MR) is 170 cm³/mol. The number of amides is 4. The summed E-state index contributed by atoms with van der Waals surface area (Å²) in [4.78, 5) is 51.0. The maximum atomic E-state index is 13.5. The van der Waals surface area contributed by atoms with Crippen LogP contribution in [-0.4, -0.2) is 47.9 Å². The Morgan fingerprint density at radius 3 is 2.47 bits per heavy atom. The van der Waals surface area contributed by atoms with Gasteiger partial charge in [0.25, 0.3) is 5.91 Å². The molecule has 12 nitrogen and oxygen atoms in total. The molecule has 2 aliphatic heterocycles. The standard InChI is InChI=1S/C33H34ClFN4O8/c1-17(2)11-25(31(42)37-24(15-30(40)41)18-3-8-27-29(13-18)46-16-45-27)38-32(43)28-9-4-19-12-21(6-10-26(19)47-28)36-33(44)39-23-7-5-20(35)14-22(23)34/h3,5-8,10,12-14,17,24-25,28H,4,9,11,15-16H2,1-2H3,(H,37,42)(H,38,43)(H,40,41)(H2,36,39,44). The van der Waals surface area contributed by atoms with Crippen molar-refractivity contribution in [2.75, 3.05) is 17.4 Å². The Kier molecular flexibility index (Phi) is 10.3. The van der Waals surface area contributed by atoms with Crippen LogP contribution in [0.5, 0.6) is 17.2 Å². The van der Waals surface area contributed by atoms with E-state index in [1.54, 1.807) is 36.4 Å². The van der Waals surface area contributed by atoms with Crippen molar-refractivity contribution in [2.45, 2.75) is 57.7 Å². The first-order chi connectivity index (χ1) is 22.4. The minimum absolute atomic E-state index is 0.0321. The Morgan fingerprint density at radius 2 is 1.72 bits per heavy atom. The molecule has 0 saturated heterocycles. The number of carbonyl (C=O) groups excluding carboxylic acids is 3. The average molecular weight is 669 g/mol. The molecule has 14 heteroatoms. The van der Waals surface area contributed by atoms with Crippen molar-refractivity contribution in [1.29, 1.82) is 0 Å². The molecule has 0 saturated carbocycles. The summed E-state index contributed by atoms with van der Waals surface area (Å²) in [6, 6.07) is 11.1. The fourth-order valence-electron chi connectivity index (χ4n) is 5.32. The second kappa shape index (κ2) is 14.6. The van der Waals surface area contributed by atoms with Gasteiger partial charge >= 0.3 is 12.0 Å². The monoisotopic (exact) mass is 668 g/mol. The number of hydrogen-bond acceptors (Lipinski definition) is 7. The van der Waals surface area contributed by atoms with Gasteiger partial charge in [-0.2, -0.15) is 0 Å². The number of rotatable bonds is 11. The van der Waals surface area contributed by atoms with Crippen LogP contribution in [0.1, 0.15) is 50.3 Å². The second-order valence-corrected chi connectivity index (χ2v) is 12.0. The van der Waals surface area contributed by atoms with Gasteiger partial charge in [-0.05, 0) is 84.8 Å². The van der Waals surface area contributed by atoms with E-state index >= 15 is 0 Å². The number of carboxylic acid groups (broad SMARTS) is 1. The molecule has 248 valence electrons. The Bertz CT molecular complexity index is 1690. The number of aliphatic carboxylic acids is 1. The summed E-state index contributed by atoms with van der Waals surface area (Å²) in [6.45, 7) is 3.87. The Balaban J connectivity index is 1.21. The summed E-state index contributed by atoms with van der Waals surface area (Å²) in [5.74, 6) is -1.17. The van der Waals surface area contributed by atoms with E-state index in [9.17, 15) is 28.7 Å². The molecule has 0 spiro atoms. The van der Waals surface area contributed by atoms with E-state index < -0.39 is 47.8 Å². The molecule has 5 N–H and O–H groups in total. The largest absolute Gasteiger partial charge is 0.481 e. The predicted octanol–water partition coefficient (Wildman–Crippen LogP) is 5.41. The molecule has 3 aromatic rings. The van der Waals surface area contributed by atoms with Gasteiger partial charge in [-0.3, -0.25) is 14.4 Å². The molecular formula is C33H34ClFN4O8. The van der Waals surface area contributed by atoms with E-state index in [1.165, 1.54) is 12.1 Å². The number of carbonyl (C=O) groups is 4. The van der Waals surface area contributed by atoms with Gasteiger partial charge in [0.1, 0.15) is 17.6 Å². The van der Waals surface area contributed by atoms with Crippen molar-refractivity contribution in [1.82, 2.24) is 10.6 Å². The van der Waals surface area contributed by atoms with Crippen molar-refractivity contribution in [3.63, 3.8) is 0 Å². The minimum Gasteiger partial charge on any atom is -0.481 e. The van der Waals surface area contributed by atoms with E-state index in [0.717, 1.165) is 11.6 Å². The molecule has 0 aromatic heterocycles. The van der Waals surface area contributed by atoms with Crippen LogP contribution in [0.4, 0.5) is 20.6 Å². The third-order valence-corrected chi connectivity index (χ3v) is 7.88. The van der Waals surface area contributed by atoms with E-state index in [1.807, 2.05) is 13.8 Å². The van der Waals surface area contributed by atoms with Gasteiger partial charge in [-0.15, -0.1) is 0 Å². The molecule has 0 radical (unpaired) electrons. The van der Waals surface area contributed by atoms with E-state index in [-0.39, 0.29) is 29.8 Å². The first-order valence-corrected chi connectivity index (χ1v) is 15.4. The summed E-state index contributed by atoms with van der Waals surface area (Å²) in [5.41, 5.74) is 2.01. The van der Waals surface area contributed by atoms with Crippen LogP contribution in [-0.2, 0) is 20.8 Å². The van der Waals surface area contributed by atoms with Crippen molar-refractivity contribution < 1.29 is 42.9 Å². The molecule has 3 aromatic carbocycles. The summed E-state index contributed by atoms with van der Waals surface area (Å²) >= 11 is 5.98. The molecule has 0 fully saturated rings. The van der Waals surface area contributed by atoms with Gasteiger partial charge in [0.15, 0.2) is 17.6 Å². The lowest BCUT2D eigenvalue weighted by atomic mass is 9.98. The van der Waals surface area contributed by atoms with Crippen LogP contribution in [0.2, 0.25) is 5.02 Å². The van der Waals surface area contributed by atoms with Crippen molar-refractivity contribution >= 4 is 46.8 Å². The lowest BCUT2D eigenvalue weighted by molar-refractivity contribution is -0.138. The highest BCUT2D eigenvalue weighted by molar-refractivity contribution is 6.33. The SMILES string of the molecule is CC(C)CC(NC(=O)C1CCc2cc(NC(=O)Nc3ccc(F)cc3Cl)ccc2O1)C(=O)NC(CC(=O)O)c1ccc2c(c1)OCO2. The number of halogens is 2. The lowest BCUT2D eigenvalue weighted by Crippen LogP contribution is -2.52. The topological polar surface area (TPSA) is 164 Å². The molecule has 0 bridgehead atoms. The van der Waals surface area contributed by atoms with Gasteiger partial charge in [-0.25, -0.2) is 9.18 Å². The molecule has 3 unspecified atom stereocenters. The molecule has 47 heavy (non-hydrogen) atoms. The maximum absolute atomic E-state index is 13.5. The molecule has 4 amide bonds. The van der Waals surface area contributed by atoms with Crippen LogP contribution in [0.25, 0.3) is 0 Å². The Hall–Kier alpha value is -5.04. The molecular weight excluding hydrogens is 635 g/mol. The number of benzene rings is 3. The number of aryl methyl sites for hydroxylation is 1. The number of carboxylic acids is 1. The van der Waals surface area contributed by atoms with Gasteiger partial charge in [0.2, 0.25) is 12.7 Å². The van der Waals surface area contributed by atoms with Gasteiger partial charge < -0.3 is 40.6 Å². The van der Waals surface area contributed by atoms with Crippen molar-refractivity contribution in [2.24, 2.45) is 5.92 Å². The highest BCUT2D eigenvalue weighted by Gasteiger charge is 2.32. The molecule has 5 rings (SSSR count). The fourth-order valence-corrected chi connectivity index (χ4v) is 5.54. The van der Waals surface area contributed by atoms with Crippen LogP contribution in [0.15, 0.2) is 54.6 Å². The summed E-state index contributed by atoms with van der Waals surface area (Å²) in [6.07, 6.45) is -0.178. The summed E-state index contributed by atoms with van der Waals surface area (Å²) in [5, 5.41) is 20.4. The number of fused-ring (bicyclic) bond motifs is 2. The fraction of sp³-hybridized carbons (Fsp3) is 0.333. The average Bonchev–Trinajstić information content (AvgIpc) is 3.49. The Morgan fingerprint density at radius 1 is 0.957 bits per heavy atom. The van der Waals surface area contributed by atoms with Gasteiger partial charge in [0.05, 0.1) is 23.2 Å². The zero-order valence-electron chi connectivity index (χ0n) is 25.6. The maximum Gasteiger partial charge on any atom is 0.323 e. The number of anilines is 2.